The summed E-state index contributed by atoms with van der Waals surface area (Å²) in [7, 11) is 0. The summed E-state index contributed by atoms with van der Waals surface area (Å²) >= 11 is 0. The van der Waals surface area contributed by atoms with Crippen molar-refractivity contribution >= 4 is 5.91 Å². The lowest BCUT2D eigenvalue weighted by molar-refractivity contribution is 0.0939. The van der Waals surface area contributed by atoms with Crippen LogP contribution in [0.5, 0.6) is 0 Å². The third kappa shape index (κ3) is 6.08. The van der Waals surface area contributed by atoms with Gasteiger partial charge in [-0.2, -0.15) is 0 Å². The van der Waals surface area contributed by atoms with Crippen LogP contribution in [0.4, 0.5) is 0 Å². The molecule has 25 heavy (non-hydrogen) atoms. The van der Waals surface area contributed by atoms with Gasteiger partial charge in [-0.1, -0.05) is 37.4 Å². The number of hydrogen-bond acceptors (Lipinski definition) is 4. The molecule has 5 nitrogen and oxygen atoms in total. The molecule has 0 fully saturated rings. The van der Waals surface area contributed by atoms with Crippen LogP contribution in [-0.2, 0) is 13.1 Å². The third-order valence-electron chi connectivity index (χ3n) is 3.42. The number of hydrazine groups is 1. The van der Waals surface area contributed by atoms with Gasteiger partial charge in [-0.3, -0.25) is 20.6 Å². The Morgan fingerprint density at radius 1 is 1.04 bits per heavy atom. The largest absolute Gasteiger partial charge is 0.307 e. The van der Waals surface area contributed by atoms with Crippen LogP contribution in [0.2, 0.25) is 0 Å². The molecule has 0 spiro atoms. The van der Waals surface area contributed by atoms with E-state index in [-0.39, 0.29) is 5.91 Å². The number of carbonyl (C=O) groups is 1. The van der Waals surface area contributed by atoms with E-state index in [2.05, 4.69) is 34.3 Å². The van der Waals surface area contributed by atoms with Crippen molar-refractivity contribution in [1.29, 1.82) is 0 Å². The normalized spacial score (nSPS) is 10.8. The van der Waals surface area contributed by atoms with Gasteiger partial charge in [0.05, 0.1) is 11.4 Å². The summed E-state index contributed by atoms with van der Waals surface area (Å²) in [6.45, 7) is 8.66. The number of aromatic nitrogens is 1. The van der Waals surface area contributed by atoms with Gasteiger partial charge >= 0.3 is 0 Å². The summed E-state index contributed by atoms with van der Waals surface area (Å²) < 4.78 is 0. The lowest BCUT2D eigenvalue weighted by atomic mass is 10.1. The topological polar surface area (TPSA) is 66.0 Å². The van der Waals surface area contributed by atoms with Crippen molar-refractivity contribution in [3.63, 3.8) is 0 Å². The van der Waals surface area contributed by atoms with Gasteiger partial charge in [0, 0.05) is 24.8 Å². The zero-order valence-corrected chi connectivity index (χ0v) is 14.0. The molecule has 0 saturated carbocycles. The Bertz CT molecular complexity index is 736. The summed E-state index contributed by atoms with van der Waals surface area (Å²) in [4.78, 5) is 16.4. The van der Waals surface area contributed by atoms with E-state index in [9.17, 15) is 4.79 Å². The van der Waals surface area contributed by atoms with Crippen molar-refractivity contribution in [3.05, 3.63) is 103 Å². The fraction of sp³-hybridized carbons (Fsp3) is 0.100. The molecule has 1 aromatic heterocycles. The van der Waals surface area contributed by atoms with Crippen molar-refractivity contribution < 1.29 is 4.79 Å². The number of allylic oxidation sites excluding steroid dienone is 3. The first-order valence-corrected chi connectivity index (χ1v) is 7.94. The summed E-state index contributed by atoms with van der Waals surface area (Å²) in [5.41, 5.74) is 8.74. The molecule has 2 rings (SSSR count). The monoisotopic (exact) mass is 334 g/mol. The molecule has 128 valence electrons. The number of rotatable bonds is 9. The highest BCUT2D eigenvalue weighted by atomic mass is 16.2. The number of pyridine rings is 1. The number of benzene rings is 1. The van der Waals surface area contributed by atoms with Crippen LogP contribution in [0.15, 0.2) is 85.7 Å². The van der Waals surface area contributed by atoms with E-state index in [0.717, 1.165) is 11.3 Å². The number of nitrogens with zero attached hydrogens (tertiary/aromatic N) is 1. The molecule has 2 aromatic rings. The van der Waals surface area contributed by atoms with Gasteiger partial charge < -0.3 is 5.32 Å². The first-order chi connectivity index (χ1) is 12.2. The van der Waals surface area contributed by atoms with E-state index in [1.165, 1.54) is 0 Å². The first kappa shape index (κ1) is 18.2. The van der Waals surface area contributed by atoms with Crippen molar-refractivity contribution in [2.45, 2.75) is 13.1 Å². The predicted molar refractivity (Wildman–Crippen MR) is 100 cm³/mol. The molecular weight excluding hydrogens is 312 g/mol. The Labute approximate surface area is 148 Å². The molecule has 0 atom stereocenters. The third-order valence-corrected chi connectivity index (χ3v) is 3.42. The molecule has 3 N–H and O–H groups in total. The van der Waals surface area contributed by atoms with Gasteiger partial charge in [0.25, 0.3) is 5.91 Å². The van der Waals surface area contributed by atoms with E-state index >= 15 is 0 Å². The Hall–Kier alpha value is -3.18. The number of amides is 1. The second-order valence-corrected chi connectivity index (χ2v) is 5.26. The van der Waals surface area contributed by atoms with Crippen molar-refractivity contribution in [2.24, 2.45) is 0 Å². The van der Waals surface area contributed by atoms with Gasteiger partial charge in [0.1, 0.15) is 0 Å². The maximum absolute atomic E-state index is 12.1. The second kappa shape index (κ2) is 9.85. The minimum absolute atomic E-state index is 0.218. The predicted octanol–water partition coefficient (Wildman–Crippen LogP) is 2.86. The summed E-state index contributed by atoms with van der Waals surface area (Å²) in [5.74, 6) is -0.218. The van der Waals surface area contributed by atoms with Crippen LogP contribution in [0, 0.1) is 0 Å². The Balaban J connectivity index is 1.82. The van der Waals surface area contributed by atoms with Crippen LogP contribution >= 0.6 is 0 Å². The molecule has 0 aliphatic rings. The number of nitrogens with one attached hydrogen (secondary N) is 3. The molecule has 1 amide bonds. The molecule has 1 aromatic carbocycles. The van der Waals surface area contributed by atoms with E-state index in [1.54, 1.807) is 36.6 Å². The maximum atomic E-state index is 12.1. The minimum atomic E-state index is -0.218. The zero-order valence-electron chi connectivity index (χ0n) is 14.0. The highest BCUT2D eigenvalue weighted by molar-refractivity contribution is 5.93. The minimum Gasteiger partial charge on any atom is -0.307 e. The fourth-order valence-electron chi connectivity index (χ4n) is 2.10. The summed E-state index contributed by atoms with van der Waals surface area (Å²) in [5, 5.41) is 3.33. The average Bonchev–Trinajstić information content (AvgIpc) is 2.66. The number of hydrogen-bond donors (Lipinski definition) is 3. The van der Waals surface area contributed by atoms with E-state index in [0.29, 0.717) is 24.4 Å². The molecule has 0 saturated heterocycles. The van der Waals surface area contributed by atoms with Gasteiger partial charge in [-0.05, 0) is 42.0 Å². The maximum Gasteiger partial charge on any atom is 0.269 e. The van der Waals surface area contributed by atoms with Crippen LogP contribution in [0.3, 0.4) is 0 Å². The van der Waals surface area contributed by atoms with Gasteiger partial charge in [-0.15, -0.1) is 0 Å². The molecule has 0 aliphatic carbocycles. The lowest BCUT2D eigenvalue weighted by Crippen LogP contribution is -2.36. The Morgan fingerprint density at radius 2 is 1.84 bits per heavy atom. The molecule has 0 bridgehead atoms. The average molecular weight is 334 g/mol. The molecule has 0 radical (unpaired) electrons. The van der Waals surface area contributed by atoms with Gasteiger partial charge in [-0.25, -0.2) is 0 Å². The Kier molecular flexibility index (Phi) is 7.15. The standard InChI is InChI=1S/C20H22N4O/c1-3-7-18(4-2)23-24-20(25)17-11-9-16(10-12-17)14-21-15-19-8-5-6-13-22-19/h3-13,21,23H,1-2,14-15H2,(H,24,25)/b18-7+. The van der Waals surface area contributed by atoms with Crippen molar-refractivity contribution in [3.8, 4) is 0 Å². The summed E-state index contributed by atoms with van der Waals surface area (Å²) in [6, 6.07) is 13.3. The van der Waals surface area contributed by atoms with Gasteiger partial charge in [0.2, 0.25) is 0 Å². The fourth-order valence-corrected chi connectivity index (χ4v) is 2.10. The molecule has 1 heterocycles. The van der Waals surface area contributed by atoms with Crippen LogP contribution in [0.1, 0.15) is 21.6 Å². The van der Waals surface area contributed by atoms with Crippen LogP contribution in [-0.4, -0.2) is 10.9 Å². The first-order valence-electron chi connectivity index (χ1n) is 7.94. The van der Waals surface area contributed by atoms with Crippen LogP contribution in [0.25, 0.3) is 0 Å². The SMILES string of the molecule is C=C/C=C(\C=C)NNC(=O)c1ccc(CNCc2ccccn2)cc1. The van der Waals surface area contributed by atoms with Crippen molar-refractivity contribution in [2.75, 3.05) is 0 Å². The molecule has 0 aliphatic heterocycles. The highest BCUT2D eigenvalue weighted by Gasteiger charge is 2.05. The smallest absolute Gasteiger partial charge is 0.269 e. The number of carbonyl (C=O) groups excluding carboxylic acids is 1. The van der Waals surface area contributed by atoms with Gasteiger partial charge in [0.15, 0.2) is 0 Å². The Morgan fingerprint density at radius 3 is 2.48 bits per heavy atom. The lowest BCUT2D eigenvalue weighted by Gasteiger charge is -2.09. The molecular formula is C20H22N4O. The van der Waals surface area contributed by atoms with E-state index < -0.39 is 0 Å². The quantitative estimate of drug-likeness (QED) is 0.487. The summed E-state index contributed by atoms with van der Waals surface area (Å²) in [6.07, 6.45) is 6.70. The molecule has 5 heteroatoms. The highest BCUT2D eigenvalue weighted by Crippen LogP contribution is 2.05. The molecule has 0 unspecified atom stereocenters. The van der Waals surface area contributed by atoms with Crippen LogP contribution < -0.4 is 16.2 Å². The van der Waals surface area contributed by atoms with Crippen molar-refractivity contribution in [1.82, 2.24) is 21.2 Å². The van der Waals surface area contributed by atoms with E-state index in [4.69, 9.17) is 0 Å². The zero-order chi connectivity index (χ0) is 17.9. The van der Waals surface area contributed by atoms with E-state index in [1.807, 2.05) is 30.3 Å². The second-order valence-electron chi connectivity index (χ2n) is 5.26.